The smallest absolute Gasteiger partial charge is 0.0521 e. The molecule has 0 saturated carbocycles. The Hall–Kier alpha value is -0.520. The second-order valence-electron chi connectivity index (χ2n) is 3.50. The summed E-state index contributed by atoms with van der Waals surface area (Å²) in [6, 6.07) is 2.05. The molecule has 0 unspecified atom stereocenters. The lowest BCUT2D eigenvalue weighted by molar-refractivity contribution is 0.296. The zero-order valence-corrected chi connectivity index (χ0v) is 10.7. The molecule has 2 N–H and O–H groups in total. The summed E-state index contributed by atoms with van der Waals surface area (Å²) in [5.41, 5.74) is 1.24. The first-order chi connectivity index (χ1) is 7.88. The van der Waals surface area contributed by atoms with Crippen LogP contribution in [0.5, 0.6) is 0 Å². The fraction of sp³-hybridized carbons (Fsp3) is 0.727. The first kappa shape index (κ1) is 13.5. The highest BCUT2D eigenvalue weighted by Gasteiger charge is 1.98. The largest absolute Gasteiger partial charge is 0.396 e. The van der Waals surface area contributed by atoms with E-state index in [9.17, 15) is 0 Å². The van der Waals surface area contributed by atoms with E-state index >= 15 is 0 Å². The molecule has 0 amide bonds. The van der Waals surface area contributed by atoms with Crippen molar-refractivity contribution in [3.63, 3.8) is 0 Å². The molecule has 0 aliphatic heterocycles. The van der Waals surface area contributed by atoms with Crippen molar-refractivity contribution in [3.05, 3.63) is 18.0 Å². The van der Waals surface area contributed by atoms with Crippen LogP contribution in [-0.4, -0.2) is 39.5 Å². The Morgan fingerprint density at radius 3 is 3.12 bits per heavy atom. The van der Waals surface area contributed by atoms with Gasteiger partial charge in [0.25, 0.3) is 0 Å². The highest BCUT2D eigenvalue weighted by Crippen LogP contribution is 2.01. The molecule has 0 spiro atoms. The summed E-state index contributed by atoms with van der Waals surface area (Å²) in [4.78, 5) is 0. The fourth-order valence-corrected chi connectivity index (χ4v) is 2.25. The molecule has 0 saturated heterocycles. The normalized spacial score (nSPS) is 10.9. The van der Waals surface area contributed by atoms with Crippen molar-refractivity contribution >= 4 is 11.8 Å². The molecule has 16 heavy (non-hydrogen) atoms. The number of aryl methyl sites for hydroxylation is 1. The third-order valence-electron chi connectivity index (χ3n) is 2.28. The molecule has 0 aliphatic rings. The maximum atomic E-state index is 8.61. The van der Waals surface area contributed by atoms with Crippen LogP contribution in [-0.2, 0) is 13.1 Å². The molecule has 0 radical (unpaired) electrons. The third kappa shape index (κ3) is 5.01. The van der Waals surface area contributed by atoms with Gasteiger partial charge < -0.3 is 10.4 Å². The molecule has 1 heterocycles. The van der Waals surface area contributed by atoms with E-state index in [1.54, 1.807) is 0 Å². The average molecular weight is 243 g/mol. The van der Waals surface area contributed by atoms with Gasteiger partial charge in [-0.1, -0.05) is 0 Å². The molecule has 0 fully saturated rings. The predicted molar refractivity (Wildman–Crippen MR) is 68.6 cm³/mol. The van der Waals surface area contributed by atoms with Gasteiger partial charge in [-0.25, -0.2) is 0 Å². The summed E-state index contributed by atoms with van der Waals surface area (Å²) < 4.78 is 2.01. The van der Waals surface area contributed by atoms with Gasteiger partial charge in [0.05, 0.1) is 5.69 Å². The molecular formula is C11H21N3OS. The number of hydrogen-bond acceptors (Lipinski definition) is 4. The molecule has 1 aromatic rings. The van der Waals surface area contributed by atoms with Crippen molar-refractivity contribution in [2.75, 3.05) is 24.7 Å². The Morgan fingerprint density at radius 1 is 1.50 bits per heavy atom. The second-order valence-corrected chi connectivity index (χ2v) is 4.73. The van der Waals surface area contributed by atoms with Gasteiger partial charge in [0.15, 0.2) is 0 Å². The average Bonchev–Trinajstić information content (AvgIpc) is 2.75. The fourth-order valence-electron chi connectivity index (χ4n) is 1.42. The van der Waals surface area contributed by atoms with E-state index < -0.39 is 0 Å². The summed E-state index contributed by atoms with van der Waals surface area (Å²) in [5.74, 6) is 2.14. The Labute approximate surface area is 101 Å². The Kier molecular flexibility index (Phi) is 7.29. The molecular weight excluding hydrogens is 222 g/mol. The second kappa shape index (κ2) is 8.61. The van der Waals surface area contributed by atoms with Crippen molar-refractivity contribution in [3.8, 4) is 0 Å². The number of rotatable bonds is 9. The van der Waals surface area contributed by atoms with Crippen LogP contribution >= 0.6 is 11.8 Å². The molecule has 0 aromatic carbocycles. The molecule has 1 aromatic heterocycles. The van der Waals surface area contributed by atoms with E-state index in [1.807, 2.05) is 22.6 Å². The van der Waals surface area contributed by atoms with Crippen molar-refractivity contribution in [1.29, 1.82) is 0 Å². The highest BCUT2D eigenvalue weighted by molar-refractivity contribution is 7.99. The standard InChI is InChI=1S/C11H21N3OS/c1-2-14-11(4-5-13-14)10-12-6-9-16-8-3-7-15/h4-5,12,15H,2-3,6-10H2,1H3. The quantitative estimate of drug-likeness (QED) is 0.638. The minimum atomic E-state index is 0.302. The number of hydrogen-bond donors (Lipinski definition) is 2. The first-order valence-electron chi connectivity index (χ1n) is 5.78. The topological polar surface area (TPSA) is 50.1 Å². The third-order valence-corrected chi connectivity index (χ3v) is 3.35. The van der Waals surface area contributed by atoms with Crippen LogP contribution in [0, 0.1) is 0 Å². The number of aliphatic hydroxyl groups excluding tert-OH is 1. The van der Waals surface area contributed by atoms with E-state index in [1.165, 1.54) is 5.69 Å². The van der Waals surface area contributed by atoms with Gasteiger partial charge in [0.1, 0.15) is 0 Å². The van der Waals surface area contributed by atoms with Gasteiger partial charge in [0.2, 0.25) is 0 Å². The SMILES string of the molecule is CCn1nccc1CNCCSCCCO. The monoisotopic (exact) mass is 243 g/mol. The maximum absolute atomic E-state index is 8.61. The molecule has 5 heteroatoms. The summed E-state index contributed by atoms with van der Waals surface area (Å²) in [5, 5.41) is 16.2. The molecule has 0 atom stereocenters. The number of aromatic nitrogens is 2. The zero-order chi connectivity index (χ0) is 11.6. The minimum absolute atomic E-state index is 0.302. The molecule has 1 rings (SSSR count). The lowest BCUT2D eigenvalue weighted by atomic mass is 10.4. The molecule has 92 valence electrons. The first-order valence-corrected chi connectivity index (χ1v) is 6.94. The Balaban J connectivity index is 2.03. The van der Waals surface area contributed by atoms with Gasteiger partial charge >= 0.3 is 0 Å². The molecule has 0 bridgehead atoms. The van der Waals surface area contributed by atoms with Crippen molar-refractivity contribution < 1.29 is 5.11 Å². The summed E-state index contributed by atoms with van der Waals surface area (Å²) in [6.45, 7) is 5.21. The van der Waals surface area contributed by atoms with E-state index in [0.29, 0.717) is 6.61 Å². The number of nitrogens with one attached hydrogen (secondary N) is 1. The lowest BCUT2D eigenvalue weighted by Gasteiger charge is -2.06. The van der Waals surface area contributed by atoms with Gasteiger partial charge in [-0.15, -0.1) is 0 Å². The maximum Gasteiger partial charge on any atom is 0.0521 e. The van der Waals surface area contributed by atoms with E-state index in [0.717, 1.165) is 37.6 Å². The van der Waals surface area contributed by atoms with Crippen LogP contribution in [0.3, 0.4) is 0 Å². The zero-order valence-electron chi connectivity index (χ0n) is 9.85. The Bertz CT molecular complexity index is 278. The van der Waals surface area contributed by atoms with Gasteiger partial charge in [-0.05, 0) is 25.2 Å². The predicted octanol–water partition coefficient (Wildman–Crippen LogP) is 1.11. The molecule has 0 aliphatic carbocycles. The minimum Gasteiger partial charge on any atom is -0.396 e. The summed E-state index contributed by atoms with van der Waals surface area (Å²) >= 11 is 1.88. The van der Waals surface area contributed by atoms with Crippen LogP contribution in [0.25, 0.3) is 0 Å². The Morgan fingerprint density at radius 2 is 2.38 bits per heavy atom. The van der Waals surface area contributed by atoms with Crippen molar-refractivity contribution in [2.24, 2.45) is 0 Å². The van der Waals surface area contributed by atoms with Crippen molar-refractivity contribution in [1.82, 2.24) is 15.1 Å². The van der Waals surface area contributed by atoms with Crippen LogP contribution < -0.4 is 5.32 Å². The van der Waals surface area contributed by atoms with Crippen molar-refractivity contribution in [2.45, 2.75) is 26.4 Å². The van der Waals surface area contributed by atoms with Crippen LogP contribution in [0.4, 0.5) is 0 Å². The number of aliphatic hydroxyl groups is 1. The van der Waals surface area contributed by atoms with Crippen LogP contribution in [0.2, 0.25) is 0 Å². The molecule has 4 nitrogen and oxygen atoms in total. The van der Waals surface area contributed by atoms with E-state index in [2.05, 4.69) is 23.4 Å². The summed E-state index contributed by atoms with van der Waals surface area (Å²) in [7, 11) is 0. The van der Waals surface area contributed by atoms with Gasteiger partial charge in [-0.2, -0.15) is 16.9 Å². The summed E-state index contributed by atoms with van der Waals surface area (Å²) in [6.07, 6.45) is 2.74. The highest BCUT2D eigenvalue weighted by atomic mass is 32.2. The number of nitrogens with zero attached hydrogens (tertiary/aromatic N) is 2. The van der Waals surface area contributed by atoms with E-state index in [-0.39, 0.29) is 0 Å². The van der Waals surface area contributed by atoms with Gasteiger partial charge in [-0.3, -0.25) is 4.68 Å². The number of thioether (sulfide) groups is 1. The lowest BCUT2D eigenvalue weighted by Crippen LogP contribution is -2.19. The van der Waals surface area contributed by atoms with E-state index in [4.69, 9.17) is 5.11 Å². The van der Waals surface area contributed by atoms with Crippen LogP contribution in [0.1, 0.15) is 19.0 Å². The van der Waals surface area contributed by atoms with Crippen LogP contribution in [0.15, 0.2) is 12.3 Å². The van der Waals surface area contributed by atoms with Gasteiger partial charge in [0, 0.05) is 38.2 Å².